The van der Waals surface area contributed by atoms with Crippen molar-refractivity contribution >= 4 is 23.2 Å². The summed E-state index contributed by atoms with van der Waals surface area (Å²) in [5, 5.41) is 12.3. The van der Waals surface area contributed by atoms with Crippen LogP contribution in [-0.2, 0) is 4.79 Å². The van der Waals surface area contributed by atoms with Gasteiger partial charge in [0.25, 0.3) is 0 Å². The number of hydrogen-bond donors (Lipinski definition) is 2. The van der Waals surface area contributed by atoms with E-state index in [1.807, 2.05) is 6.07 Å². The van der Waals surface area contributed by atoms with Crippen molar-refractivity contribution in [2.45, 2.75) is 33.1 Å². The quantitative estimate of drug-likeness (QED) is 0.808. The van der Waals surface area contributed by atoms with Crippen molar-refractivity contribution in [2.24, 2.45) is 17.6 Å². The SMILES string of the molecule is CC(C)C(CCN)CCC(=O)Nc1cc(Cl)ccc1C#N. The molecule has 21 heavy (non-hydrogen) atoms. The molecule has 0 aliphatic heterocycles. The van der Waals surface area contributed by atoms with E-state index in [1.165, 1.54) is 0 Å². The highest BCUT2D eigenvalue weighted by molar-refractivity contribution is 6.31. The first-order valence-corrected chi connectivity index (χ1v) is 7.55. The molecule has 1 amide bonds. The summed E-state index contributed by atoms with van der Waals surface area (Å²) in [4.78, 5) is 12.0. The first-order chi connectivity index (χ1) is 9.97. The molecule has 0 spiro atoms. The van der Waals surface area contributed by atoms with Gasteiger partial charge in [-0.1, -0.05) is 25.4 Å². The van der Waals surface area contributed by atoms with E-state index < -0.39 is 0 Å². The molecule has 0 fully saturated rings. The molecule has 0 heterocycles. The molecule has 1 aromatic carbocycles. The fourth-order valence-corrected chi connectivity index (χ4v) is 2.44. The Morgan fingerprint density at radius 2 is 2.14 bits per heavy atom. The Bertz CT molecular complexity index is 523. The van der Waals surface area contributed by atoms with Gasteiger partial charge < -0.3 is 11.1 Å². The number of rotatable bonds is 7. The fourth-order valence-electron chi connectivity index (χ4n) is 2.27. The second kappa shape index (κ2) is 8.66. The minimum absolute atomic E-state index is 0.101. The number of nitriles is 1. The van der Waals surface area contributed by atoms with Gasteiger partial charge in [0.15, 0.2) is 0 Å². The topological polar surface area (TPSA) is 78.9 Å². The van der Waals surface area contributed by atoms with E-state index in [0.29, 0.717) is 41.1 Å². The normalized spacial score (nSPS) is 12.0. The van der Waals surface area contributed by atoms with Crippen LogP contribution in [0.1, 0.15) is 38.7 Å². The zero-order valence-electron chi connectivity index (χ0n) is 12.5. The number of anilines is 1. The van der Waals surface area contributed by atoms with Crippen LogP contribution in [0.2, 0.25) is 5.02 Å². The van der Waals surface area contributed by atoms with Crippen molar-refractivity contribution < 1.29 is 4.79 Å². The van der Waals surface area contributed by atoms with Gasteiger partial charge in [-0.25, -0.2) is 0 Å². The third kappa shape index (κ3) is 5.74. The zero-order valence-corrected chi connectivity index (χ0v) is 13.3. The molecule has 0 aromatic heterocycles. The summed E-state index contributed by atoms with van der Waals surface area (Å²) in [5.74, 6) is 0.842. The predicted molar refractivity (Wildman–Crippen MR) is 86.0 cm³/mol. The van der Waals surface area contributed by atoms with Crippen molar-refractivity contribution in [1.29, 1.82) is 5.26 Å². The minimum Gasteiger partial charge on any atom is -0.330 e. The second-order valence-electron chi connectivity index (χ2n) is 5.47. The van der Waals surface area contributed by atoms with Crippen LogP contribution < -0.4 is 11.1 Å². The summed E-state index contributed by atoms with van der Waals surface area (Å²) < 4.78 is 0. The average molecular weight is 308 g/mol. The van der Waals surface area contributed by atoms with Gasteiger partial charge in [-0.2, -0.15) is 5.26 Å². The van der Waals surface area contributed by atoms with E-state index in [4.69, 9.17) is 22.6 Å². The highest BCUT2D eigenvalue weighted by atomic mass is 35.5. The lowest BCUT2D eigenvalue weighted by Crippen LogP contribution is -2.18. The van der Waals surface area contributed by atoms with Gasteiger partial charge in [0.1, 0.15) is 6.07 Å². The van der Waals surface area contributed by atoms with Crippen LogP contribution in [0, 0.1) is 23.2 Å². The number of carbonyl (C=O) groups is 1. The zero-order chi connectivity index (χ0) is 15.8. The lowest BCUT2D eigenvalue weighted by atomic mass is 9.88. The Morgan fingerprint density at radius 1 is 1.43 bits per heavy atom. The minimum atomic E-state index is -0.101. The number of nitrogens with zero attached hydrogens (tertiary/aromatic N) is 1. The van der Waals surface area contributed by atoms with Gasteiger partial charge in [-0.05, 0) is 49.4 Å². The first kappa shape index (κ1) is 17.5. The maximum Gasteiger partial charge on any atom is 0.224 e. The van der Waals surface area contributed by atoms with Crippen molar-refractivity contribution in [1.82, 2.24) is 0 Å². The Hall–Kier alpha value is -1.57. The van der Waals surface area contributed by atoms with Crippen molar-refractivity contribution in [3.63, 3.8) is 0 Å². The number of nitrogens with two attached hydrogens (primary N) is 1. The van der Waals surface area contributed by atoms with Gasteiger partial charge in [-0.15, -0.1) is 0 Å². The smallest absolute Gasteiger partial charge is 0.224 e. The highest BCUT2D eigenvalue weighted by Gasteiger charge is 2.15. The van der Waals surface area contributed by atoms with Gasteiger partial charge in [0.05, 0.1) is 11.3 Å². The third-order valence-electron chi connectivity index (χ3n) is 3.60. The van der Waals surface area contributed by atoms with Gasteiger partial charge in [0.2, 0.25) is 5.91 Å². The molecule has 0 aliphatic rings. The molecule has 114 valence electrons. The number of amides is 1. The van der Waals surface area contributed by atoms with Crippen molar-refractivity contribution in [3.8, 4) is 6.07 Å². The number of hydrogen-bond acceptors (Lipinski definition) is 3. The number of carbonyl (C=O) groups excluding carboxylic acids is 1. The van der Waals surface area contributed by atoms with E-state index in [9.17, 15) is 4.79 Å². The third-order valence-corrected chi connectivity index (χ3v) is 3.83. The van der Waals surface area contributed by atoms with Crippen molar-refractivity contribution in [2.75, 3.05) is 11.9 Å². The second-order valence-corrected chi connectivity index (χ2v) is 5.91. The maximum atomic E-state index is 12.0. The van der Waals surface area contributed by atoms with Gasteiger partial charge in [-0.3, -0.25) is 4.79 Å². The Labute approximate surface area is 131 Å². The summed E-state index contributed by atoms with van der Waals surface area (Å²) >= 11 is 5.89. The van der Waals surface area contributed by atoms with Crippen molar-refractivity contribution in [3.05, 3.63) is 28.8 Å². The molecule has 0 bridgehead atoms. The molecule has 4 nitrogen and oxygen atoms in total. The Balaban J connectivity index is 2.62. The summed E-state index contributed by atoms with van der Waals surface area (Å²) in [6.45, 7) is 4.92. The van der Waals surface area contributed by atoms with Crippen LogP contribution in [0.15, 0.2) is 18.2 Å². The summed E-state index contributed by atoms with van der Waals surface area (Å²) in [5.41, 5.74) is 6.48. The number of nitrogens with one attached hydrogen (secondary N) is 1. The largest absolute Gasteiger partial charge is 0.330 e. The van der Waals surface area contributed by atoms with Crippen LogP contribution in [0.4, 0.5) is 5.69 Å². The van der Waals surface area contributed by atoms with E-state index in [-0.39, 0.29) is 5.91 Å². The molecule has 0 aliphatic carbocycles. The standard InChI is InChI=1S/C16H22ClN3O/c1-11(2)12(7-8-18)4-6-16(21)20-15-9-14(17)5-3-13(15)10-19/h3,5,9,11-12H,4,6-8,18H2,1-2H3,(H,20,21). The maximum absolute atomic E-state index is 12.0. The molecule has 0 saturated carbocycles. The number of benzene rings is 1. The summed E-state index contributed by atoms with van der Waals surface area (Å²) in [6, 6.07) is 6.87. The van der Waals surface area contributed by atoms with Crippen LogP contribution in [0.25, 0.3) is 0 Å². The lowest BCUT2D eigenvalue weighted by Gasteiger charge is -2.19. The molecular formula is C16H22ClN3O. The summed E-state index contributed by atoms with van der Waals surface area (Å²) in [7, 11) is 0. The monoisotopic (exact) mass is 307 g/mol. The van der Waals surface area contributed by atoms with Crippen LogP contribution >= 0.6 is 11.6 Å². The van der Waals surface area contributed by atoms with Crippen LogP contribution in [0.5, 0.6) is 0 Å². The average Bonchev–Trinajstić information content (AvgIpc) is 2.43. The molecule has 5 heteroatoms. The lowest BCUT2D eigenvalue weighted by molar-refractivity contribution is -0.116. The molecule has 0 saturated heterocycles. The van der Waals surface area contributed by atoms with Crippen LogP contribution in [0.3, 0.4) is 0 Å². The molecular weight excluding hydrogens is 286 g/mol. The fraction of sp³-hybridized carbons (Fsp3) is 0.500. The summed E-state index contributed by atoms with van der Waals surface area (Å²) in [6.07, 6.45) is 2.13. The molecule has 1 aromatic rings. The molecule has 1 atom stereocenters. The van der Waals surface area contributed by atoms with Crippen LogP contribution in [-0.4, -0.2) is 12.5 Å². The highest BCUT2D eigenvalue weighted by Crippen LogP contribution is 2.23. The molecule has 0 radical (unpaired) electrons. The Kier molecular flexibility index (Phi) is 7.21. The van der Waals surface area contributed by atoms with E-state index in [1.54, 1.807) is 18.2 Å². The Morgan fingerprint density at radius 3 is 2.71 bits per heavy atom. The van der Waals surface area contributed by atoms with E-state index >= 15 is 0 Å². The van der Waals surface area contributed by atoms with Gasteiger partial charge in [0, 0.05) is 11.4 Å². The van der Waals surface area contributed by atoms with E-state index in [2.05, 4.69) is 19.2 Å². The molecule has 3 N–H and O–H groups in total. The number of halogens is 1. The predicted octanol–water partition coefficient (Wildman–Crippen LogP) is 3.55. The van der Waals surface area contributed by atoms with Gasteiger partial charge >= 0.3 is 0 Å². The first-order valence-electron chi connectivity index (χ1n) is 7.17. The van der Waals surface area contributed by atoms with E-state index in [0.717, 1.165) is 12.8 Å². The molecule has 1 unspecified atom stereocenters. The molecule has 1 rings (SSSR count).